The van der Waals surface area contributed by atoms with Crippen molar-refractivity contribution in [2.75, 3.05) is 5.88 Å². The van der Waals surface area contributed by atoms with Gasteiger partial charge in [-0.25, -0.2) is 0 Å². The van der Waals surface area contributed by atoms with Crippen LogP contribution in [-0.4, -0.2) is 59.0 Å². The molecule has 0 aromatic heterocycles. The van der Waals surface area contributed by atoms with Crippen molar-refractivity contribution in [1.82, 2.24) is 0 Å². The molecule has 0 amide bonds. The standard InChI is InChI=1S/C3H7ClO4S.Na/c4-2-1-3(5)9(6,7)8;/h3,5H,1-2H2,(H,6,7,8);. The number of rotatable bonds is 3. The normalized spacial score (nSPS) is 13.9. The number of alkyl halides is 1. The summed E-state index contributed by atoms with van der Waals surface area (Å²) in [7, 11) is -4.29. The van der Waals surface area contributed by atoms with E-state index in [4.69, 9.17) is 21.3 Å². The summed E-state index contributed by atoms with van der Waals surface area (Å²) >= 11 is 5.07. The first-order valence-electron chi connectivity index (χ1n) is 2.19. The van der Waals surface area contributed by atoms with E-state index in [0.29, 0.717) is 0 Å². The molecule has 0 aliphatic heterocycles. The molecule has 0 heterocycles. The van der Waals surface area contributed by atoms with Gasteiger partial charge in [-0.2, -0.15) is 8.42 Å². The summed E-state index contributed by atoms with van der Waals surface area (Å²) in [5.41, 5.74) is -1.74. The summed E-state index contributed by atoms with van der Waals surface area (Å²) in [5, 5.41) is 8.46. The second kappa shape index (κ2) is 5.77. The minimum absolute atomic E-state index is 0. The maximum absolute atomic E-state index is 9.97. The number of aliphatic hydroxyl groups excluding tert-OH is 1. The molecule has 1 atom stereocenters. The van der Waals surface area contributed by atoms with Gasteiger partial charge in [0.1, 0.15) is 0 Å². The fraction of sp³-hybridized carbons (Fsp3) is 1.00. The van der Waals surface area contributed by atoms with Gasteiger partial charge in [-0.1, -0.05) is 0 Å². The second-order valence-corrected chi connectivity index (χ2v) is 3.40. The van der Waals surface area contributed by atoms with Gasteiger partial charge in [0.25, 0.3) is 10.1 Å². The van der Waals surface area contributed by atoms with Crippen LogP contribution >= 0.6 is 11.6 Å². The van der Waals surface area contributed by atoms with Gasteiger partial charge in [0.15, 0.2) is 5.44 Å². The number of hydrogen-bond acceptors (Lipinski definition) is 3. The fourth-order valence-electron chi connectivity index (χ4n) is 0.242. The molecule has 0 aromatic rings. The van der Waals surface area contributed by atoms with E-state index in [1.54, 1.807) is 0 Å². The zero-order valence-corrected chi connectivity index (χ0v) is 9.06. The quantitative estimate of drug-likeness (QED) is 0.361. The van der Waals surface area contributed by atoms with E-state index in [-0.39, 0.29) is 41.9 Å². The zero-order chi connectivity index (χ0) is 7.49. The molecule has 0 saturated carbocycles. The smallest absolute Gasteiger partial charge is 0.292 e. The Bertz CT molecular complexity index is 167. The van der Waals surface area contributed by atoms with Crippen LogP contribution in [0, 0.1) is 0 Å². The zero-order valence-electron chi connectivity index (χ0n) is 5.49. The van der Waals surface area contributed by atoms with Crippen molar-refractivity contribution < 1.29 is 18.1 Å². The Labute approximate surface area is 86.6 Å². The van der Waals surface area contributed by atoms with Crippen LogP contribution in [0.5, 0.6) is 0 Å². The van der Waals surface area contributed by atoms with Crippen LogP contribution in [0.2, 0.25) is 0 Å². The van der Waals surface area contributed by atoms with E-state index in [1.807, 2.05) is 0 Å². The second-order valence-electron chi connectivity index (χ2n) is 1.45. The molecule has 0 aliphatic rings. The molecular weight excluding hydrogens is 191 g/mol. The summed E-state index contributed by atoms with van der Waals surface area (Å²) in [6, 6.07) is 0. The fourth-order valence-corrected chi connectivity index (χ4v) is 0.994. The summed E-state index contributed by atoms with van der Waals surface area (Å²) < 4.78 is 28.0. The minimum Gasteiger partial charge on any atom is -0.375 e. The molecule has 57 valence electrons. The Morgan fingerprint density at radius 3 is 2.00 bits per heavy atom. The van der Waals surface area contributed by atoms with Crippen LogP contribution in [0.15, 0.2) is 0 Å². The maximum atomic E-state index is 9.97. The average Bonchev–Trinajstić information content (AvgIpc) is 1.64. The molecule has 4 nitrogen and oxygen atoms in total. The van der Waals surface area contributed by atoms with Crippen molar-refractivity contribution in [2.24, 2.45) is 0 Å². The van der Waals surface area contributed by atoms with Crippen molar-refractivity contribution in [3.63, 3.8) is 0 Å². The van der Waals surface area contributed by atoms with Gasteiger partial charge in [0.2, 0.25) is 0 Å². The van der Waals surface area contributed by atoms with E-state index in [0.717, 1.165) is 0 Å². The largest absolute Gasteiger partial charge is 0.375 e. The Kier molecular flexibility index (Phi) is 7.92. The van der Waals surface area contributed by atoms with Crippen LogP contribution in [0.4, 0.5) is 0 Å². The van der Waals surface area contributed by atoms with E-state index < -0.39 is 15.6 Å². The average molecular weight is 198 g/mol. The van der Waals surface area contributed by atoms with Crippen LogP contribution in [0.25, 0.3) is 0 Å². The Balaban J connectivity index is 0. The Morgan fingerprint density at radius 1 is 1.50 bits per heavy atom. The maximum Gasteiger partial charge on any atom is 0.292 e. The summed E-state index contributed by atoms with van der Waals surface area (Å²) in [6.45, 7) is 0. The van der Waals surface area contributed by atoms with Gasteiger partial charge < -0.3 is 5.11 Å². The summed E-state index contributed by atoms with van der Waals surface area (Å²) in [4.78, 5) is 0. The monoisotopic (exact) mass is 197 g/mol. The topological polar surface area (TPSA) is 74.6 Å². The number of hydrogen-bond donors (Lipinski definition) is 2. The molecule has 0 aromatic carbocycles. The van der Waals surface area contributed by atoms with Crippen LogP contribution < -0.4 is 0 Å². The van der Waals surface area contributed by atoms with Gasteiger partial charge in [-0.15, -0.1) is 11.6 Å². The van der Waals surface area contributed by atoms with Crippen molar-refractivity contribution in [2.45, 2.75) is 11.9 Å². The summed E-state index contributed by atoms with van der Waals surface area (Å²) in [5.74, 6) is 0.000949. The molecule has 0 bridgehead atoms. The third-order valence-corrected chi connectivity index (χ3v) is 1.84. The van der Waals surface area contributed by atoms with E-state index in [9.17, 15) is 8.42 Å². The molecule has 0 saturated heterocycles. The molecule has 2 N–H and O–H groups in total. The molecule has 0 fully saturated rings. The third-order valence-electron chi connectivity index (χ3n) is 0.700. The molecule has 7 heteroatoms. The van der Waals surface area contributed by atoms with Crippen molar-refractivity contribution in [3.8, 4) is 0 Å². The molecule has 1 unspecified atom stereocenters. The van der Waals surface area contributed by atoms with Crippen LogP contribution in [-0.2, 0) is 10.1 Å². The number of aliphatic hydroxyl groups is 1. The van der Waals surface area contributed by atoms with Gasteiger partial charge in [-0.3, -0.25) is 4.55 Å². The minimum atomic E-state index is -4.29. The molecule has 0 aliphatic carbocycles. The molecule has 10 heavy (non-hydrogen) atoms. The van der Waals surface area contributed by atoms with Crippen LogP contribution in [0.1, 0.15) is 6.42 Å². The van der Waals surface area contributed by atoms with Crippen molar-refractivity contribution in [1.29, 1.82) is 0 Å². The first kappa shape index (κ1) is 13.7. The first-order valence-corrected chi connectivity index (χ1v) is 4.22. The first-order chi connectivity index (χ1) is 3.98. The Morgan fingerprint density at radius 2 is 1.90 bits per heavy atom. The third kappa shape index (κ3) is 5.91. The van der Waals surface area contributed by atoms with Gasteiger partial charge in [0.05, 0.1) is 0 Å². The van der Waals surface area contributed by atoms with Crippen LogP contribution in [0.3, 0.4) is 0 Å². The molecule has 0 spiro atoms. The Hall–Kier alpha value is 1.16. The SMILES string of the molecule is O=S(=O)(O)C(O)CCCl.[Na]. The van der Waals surface area contributed by atoms with Gasteiger partial charge in [0, 0.05) is 41.9 Å². The summed E-state index contributed by atoms with van der Waals surface area (Å²) in [6.07, 6.45) is -0.152. The van der Waals surface area contributed by atoms with E-state index in [1.165, 1.54) is 0 Å². The number of halogens is 1. The molecular formula is C3H7ClNaO4S. The molecule has 1 radical (unpaired) electrons. The van der Waals surface area contributed by atoms with Gasteiger partial charge >= 0.3 is 0 Å². The predicted molar refractivity (Wildman–Crippen MR) is 38.6 cm³/mol. The van der Waals surface area contributed by atoms with E-state index >= 15 is 0 Å². The van der Waals surface area contributed by atoms with Crippen molar-refractivity contribution in [3.05, 3.63) is 0 Å². The predicted octanol–water partition coefficient (Wildman–Crippen LogP) is -0.559. The van der Waals surface area contributed by atoms with Crippen molar-refractivity contribution >= 4 is 51.3 Å². The van der Waals surface area contributed by atoms with Gasteiger partial charge in [-0.05, 0) is 0 Å². The molecule has 0 rings (SSSR count). The van der Waals surface area contributed by atoms with E-state index in [2.05, 4.69) is 0 Å².